The van der Waals surface area contributed by atoms with Crippen molar-refractivity contribution in [2.75, 3.05) is 0 Å². The lowest BCUT2D eigenvalue weighted by atomic mass is 9.96. The Morgan fingerprint density at radius 1 is 0.824 bits per heavy atom. The molecule has 0 saturated carbocycles. The van der Waals surface area contributed by atoms with Gasteiger partial charge < -0.3 is 10.2 Å². The molecule has 0 atom stereocenters. The molecule has 2 aromatic rings. The van der Waals surface area contributed by atoms with Crippen molar-refractivity contribution in [2.45, 2.75) is 20.8 Å². The maximum absolute atomic E-state index is 10.1. The fourth-order valence-corrected chi connectivity index (χ4v) is 1.93. The largest absolute Gasteiger partial charge is 0.508 e. The minimum atomic E-state index is 0.122. The van der Waals surface area contributed by atoms with E-state index < -0.39 is 0 Å². The first-order valence-corrected chi connectivity index (χ1v) is 5.60. The van der Waals surface area contributed by atoms with Crippen LogP contribution in [0.4, 0.5) is 0 Å². The average molecular weight is 228 g/mol. The van der Waals surface area contributed by atoms with Gasteiger partial charge in [-0.2, -0.15) is 0 Å². The van der Waals surface area contributed by atoms with Crippen molar-refractivity contribution in [2.24, 2.45) is 0 Å². The fraction of sp³-hybridized carbons (Fsp3) is 0.200. The van der Waals surface area contributed by atoms with Gasteiger partial charge >= 0.3 is 0 Å². The van der Waals surface area contributed by atoms with Gasteiger partial charge in [0.2, 0.25) is 0 Å². The molecule has 0 aliphatic rings. The summed E-state index contributed by atoms with van der Waals surface area (Å²) < 4.78 is 0. The highest BCUT2D eigenvalue weighted by atomic mass is 16.3. The third kappa shape index (κ3) is 1.98. The first kappa shape index (κ1) is 11.5. The summed E-state index contributed by atoms with van der Waals surface area (Å²) >= 11 is 0. The van der Waals surface area contributed by atoms with E-state index in [0.717, 1.165) is 22.3 Å². The van der Waals surface area contributed by atoms with Crippen molar-refractivity contribution in [1.29, 1.82) is 0 Å². The molecule has 0 radical (unpaired) electrons. The molecule has 2 nitrogen and oxygen atoms in total. The lowest BCUT2D eigenvalue weighted by molar-refractivity contribution is 0.444. The van der Waals surface area contributed by atoms with Gasteiger partial charge in [-0.25, -0.2) is 0 Å². The molecule has 0 spiro atoms. The average Bonchev–Trinajstić information content (AvgIpc) is 2.30. The lowest BCUT2D eigenvalue weighted by Crippen LogP contribution is -1.88. The predicted molar refractivity (Wildman–Crippen MR) is 69.4 cm³/mol. The van der Waals surface area contributed by atoms with Crippen LogP contribution in [0.25, 0.3) is 11.1 Å². The fourth-order valence-electron chi connectivity index (χ4n) is 1.93. The number of aryl methyl sites for hydroxylation is 2. The van der Waals surface area contributed by atoms with Crippen LogP contribution in [0.5, 0.6) is 11.5 Å². The first-order valence-electron chi connectivity index (χ1n) is 5.60. The van der Waals surface area contributed by atoms with Crippen LogP contribution in [-0.4, -0.2) is 10.2 Å². The van der Waals surface area contributed by atoms with Crippen molar-refractivity contribution in [3.63, 3.8) is 0 Å². The molecule has 2 heteroatoms. The molecule has 0 unspecified atom stereocenters. The topological polar surface area (TPSA) is 40.5 Å². The number of phenols is 2. The molecule has 88 valence electrons. The number of phenolic OH excluding ortho intramolecular Hbond substituents is 2. The summed E-state index contributed by atoms with van der Waals surface area (Å²) in [5.74, 6) is 0.273. The van der Waals surface area contributed by atoms with Crippen LogP contribution in [-0.2, 0) is 0 Å². The SMILES string of the molecule is Cc1ccc(C)c(-c2ccc(O)c(C)c2O)c1. The minimum absolute atomic E-state index is 0.122. The molecule has 2 rings (SSSR count). The molecule has 0 heterocycles. The Bertz CT molecular complexity index is 571. The second-order valence-electron chi connectivity index (χ2n) is 4.42. The molecule has 0 aliphatic heterocycles. The highest BCUT2D eigenvalue weighted by Crippen LogP contribution is 2.37. The summed E-state index contributed by atoms with van der Waals surface area (Å²) in [5, 5.41) is 19.6. The van der Waals surface area contributed by atoms with E-state index in [2.05, 4.69) is 0 Å². The molecule has 17 heavy (non-hydrogen) atoms. The summed E-state index contributed by atoms with van der Waals surface area (Å²) in [4.78, 5) is 0. The molecular weight excluding hydrogens is 212 g/mol. The van der Waals surface area contributed by atoms with Gasteiger partial charge in [0.25, 0.3) is 0 Å². The zero-order chi connectivity index (χ0) is 12.6. The molecule has 0 bridgehead atoms. The number of benzene rings is 2. The molecule has 2 aromatic carbocycles. The van der Waals surface area contributed by atoms with E-state index in [4.69, 9.17) is 0 Å². The Morgan fingerprint density at radius 3 is 2.24 bits per heavy atom. The standard InChI is InChI=1S/C15H16O2/c1-9-4-5-10(2)13(8-9)12-6-7-14(16)11(3)15(12)17/h4-8,16-17H,1-3H3. The number of hydrogen-bond donors (Lipinski definition) is 2. The monoisotopic (exact) mass is 228 g/mol. The molecule has 0 aliphatic carbocycles. The molecule has 0 amide bonds. The second-order valence-corrected chi connectivity index (χ2v) is 4.42. The van der Waals surface area contributed by atoms with E-state index >= 15 is 0 Å². The van der Waals surface area contributed by atoms with E-state index in [1.807, 2.05) is 32.0 Å². The summed E-state index contributed by atoms with van der Waals surface area (Å²) in [6.07, 6.45) is 0. The van der Waals surface area contributed by atoms with E-state index in [-0.39, 0.29) is 11.5 Å². The van der Waals surface area contributed by atoms with Gasteiger partial charge in [-0.3, -0.25) is 0 Å². The Labute approximate surface area is 101 Å². The maximum atomic E-state index is 10.1. The van der Waals surface area contributed by atoms with Crippen molar-refractivity contribution in [3.8, 4) is 22.6 Å². The summed E-state index contributed by atoms with van der Waals surface area (Å²) in [5.41, 5.74) is 4.54. The highest BCUT2D eigenvalue weighted by molar-refractivity contribution is 5.76. The lowest BCUT2D eigenvalue weighted by Gasteiger charge is -2.12. The van der Waals surface area contributed by atoms with Crippen LogP contribution in [0, 0.1) is 20.8 Å². The van der Waals surface area contributed by atoms with E-state index in [1.165, 1.54) is 0 Å². The normalized spacial score (nSPS) is 10.5. The number of aromatic hydroxyl groups is 2. The summed E-state index contributed by atoms with van der Waals surface area (Å²) in [6, 6.07) is 9.49. The van der Waals surface area contributed by atoms with Crippen molar-refractivity contribution < 1.29 is 10.2 Å². The molecule has 0 saturated heterocycles. The van der Waals surface area contributed by atoms with Crippen molar-refractivity contribution in [3.05, 3.63) is 47.0 Å². The smallest absolute Gasteiger partial charge is 0.130 e. The predicted octanol–water partition coefficient (Wildman–Crippen LogP) is 3.69. The van der Waals surface area contributed by atoms with Crippen molar-refractivity contribution >= 4 is 0 Å². The Morgan fingerprint density at radius 2 is 1.53 bits per heavy atom. The maximum Gasteiger partial charge on any atom is 0.130 e. The third-order valence-electron chi connectivity index (χ3n) is 3.09. The van der Waals surface area contributed by atoms with E-state index in [1.54, 1.807) is 19.1 Å². The molecule has 2 N–H and O–H groups in total. The Hall–Kier alpha value is -1.96. The number of hydrogen-bond acceptors (Lipinski definition) is 2. The Kier molecular flexibility index (Phi) is 2.80. The van der Waals surface area contributed by atoms with Gasteiger partial charge in [0, 0.05) is 11.1 Å². The third-order valence-corrected chi connectivity index (χ3v) is 3.09. The highest BCUT2D eigenvalue weighted by Gasteiger charge is 2.11. The van der Waals surface area contributed by atoms with Crippen LogP contribution in [0.2, 0.25) is 0 Å². The van der Waals surface area contributed by atoms with Gasteiger partial charge in [-0.1, -0.05) is 23.8 Å². The van der Waals surface area contributed by atoms with Gasteiger partial charge in [-0.05, 0) is 44.0 Å². The van der Waals surface area contributed by atoms with Crippen LogP contribution in [0.15, 0.2) is 30.3 Å². The molecule has 0 aromatic heterocycles. The van der Waals surface area contributed by atoms with Crippen LogP contribution in [0.1, 0.15) is 16.7 Å². The van der Waals surface area contributed by atoms with Gasteiger partial charge in [-0.15, -0.1) is 0 Å². The zero-order valence-electron chi connectivity index (χ0n) is 10.3. The molecule has 0 fully saturated rings. The summed E-state index contributed by atoms with van der Waals surface area (Å²) in [7, 11) is 0. The minimum Gasteiger partial charge on any atom is -0.508 e. The van der Waals surface area contributed by atoms with E-state index in [0.29, 0.717) is 5.56 Å². The van der Waals surface area contributed by atoms with Gasteiger partial charge in [0.05, 0.1) is 0 Å². The van der Waals surface area contributed by atoms with Crippen LogP contribution in [0.3, 0.4) is 0 Å². The Balaban J connectivity index is 2.69. The summed E-state index contributed by atoms with van der Waals surface area (Å²) in [6.45, 7) is 5.74. The van der Waals surface area contributed by atoms with Gasteiger partial charge in [0.1, 0.15) is 11.5 Å². The number of rotatable bonds is 1. The molecular formula is C15H16O2. The van der Waals surface area contributed by atoms with Crippen molar-refractivity contribution in [1.82, 2.24) is 0 Å². The first-order chi connectivity index (χ1) is 8.00. The zero-order valence-corrected chi connectivity index (χ0v) is 10.3. The van der Waals surface area contributed by atoms with Crippen LogP contribution < -0.4 is 0 Å². The van der Waals surface area contributed by atoms with Gasteiger partial charge in [0.15, 0.2) is 0 Å². The second kappa shape index (κ2) is 4.13. The van der Waals surface area contributed by atoms with E-state index in [9.17, 15) is 10.2 Å². The quantitative estimate of drug-likeness (QED) is 0.781. The van der Waals surface area contributed by atoms with Crippen LogP contribution >= 0.6 is 0 Å².